The largest absolute Gasteiger partial charge is 0.379 e. The van der Waals surface area contributed by atoms with E-state index in [-0.39, 0.29) is 6.10 Å². The molecule has 11 heavy (non-hydrogen) atoms. The molecule has 1 heterocycles. The van der Waals surface area contributed by atoms with Crippen molar-refractivity contribution in [3.05, 3.63) is 0 Å². The maximum Gasteiger partial charge on any atom is 0.143 e. The molecule has 0 radical (unpaired) electrons. The van der Waals surface area contributed by atoms with Gasteiger partial charge < -0.3 is 9.47 Å². The molecule has 2 atom stereocenters. The predicted octanol–water partition coefficient (Wildman–Crippen LogP) is 0.923. The minimum atomic E-state index is -0.532. The number of halogens is 1. The second-order valence-corrected chi connectivity index (χ2v) is 2.94. The van der Waals surface area contributed by atoms with E-state index < -0.39 is 5.38 Å². The molecule has 0 spiro atoms. The minimum absolute atomic E-state index is 0.143. The van der Waals surface area contributed by atoms with Crippen molar-refractivity contribution in [3.8, 4) is 6.07 Å². The van der Waals surface area contributed by atoms with E-state index in [1.807, 2.05) is 6.07 Å². The molecule has 0 amide bonds. The van der Waals surface area contributed by atoms with Gasteiger partial charge in [0, 0.05) is 6.61 Å². The van der Waals surface area contributed by atoms with Crippen molar-refractivity contribution in [1.82, 2.24) is 0 Å². The van der Waals surface area contributed by atoms with Gasteiger partial charge in [0.05, 0.1) is 25.4 Å². The van der Waals surface area contributed by atoms with E-state index in [4.69, 9.17) is 26.3 Å². The van der Waals surface area contributed by atoms with Crippen LogP contribution < -0.4 is 0 Å². The number of alkyl halides is 1. The molecule has 1 saturated heterocycles. The molecule has 2 unspecified atom stereocenters. The molecule has 1 aliphatic rings. The lowest BCUT2D eigenvalue weighted by atomic mass is 10.3. The lowest BCUT2D eigenvalue weighted by Gasteiger charge is -2.08. The van der Waals surface area contributed by atoms with E-state index in [0.29, 0.717) is 13.2 Å². The van der Waals surface area contributed by atoms with E-state index in [1.54, 1.807) is 0 Å². The number of hydrogen-bond acceptors (Lipinski definition) is 3. The highest BCUT2D eigenvalue weighted by Crippen LogP contribution is 2.09. The number of ether oxygens (including phenoxy) is 2. The molecule has 62 valence electrons. The van der Waals surface area contributed by atoms with Crippen molar-refractivity contribution < 1.29 is 9.47 Å². The fraction of sp³-hybridized carbons (Fsp3) is 0.857. The molecule has 0 aliphatic carbocycles. The van der Waals surface area contributed by atoms with Gasteiger partial charge in [0.25, 0.3) is 0 Å². The highest BCUT2D eigenvalue weighted by atomic mass is 35.5. The maximum absolute atomic E-state index is 8.32. The Morgan fingerprint density at radius 2 is 2.64 bits per heavy atom. The summed E-state index contributed by atoms with van der Waals surface area (Å²) < 4.78 is 10.3. The normalized spacial score (nSPS) is 26.4. The van der Waals surface area contributed by atoms with Crippen LogP contribution in [0.1, 0.15) is 6.42 Å². The quantitative estimate of drug-likeness (QED) is 0.600. The minimum Gasteiger partial charge on any atom is -0.379 e. The molecule has 1 rings (SSSR count). The Balaban J connectivity index is 2.07. The summed E-state index contributed by atoms with van der Waals surface area (Å²) in [7, 11) is 0. The van der Waals surface area contributed by atoms with Gasteiger partial charge in [-0.25, -0.2) is 0 Å². The van der Waals surface area contributed by atoms with Crippen LogP contribution >= 0.6 is 11.6 Å². The lowest BCUT2D eigenvalue weighted by molar-refractivity contribution is 0.0472. The van der Waals surface area contributed by atoms with Crippen LogP contribution in [0.25, 0.3) is 0 Å². The maximum atomic E-state index is 8.32. The summed E-state index contributed by atoms with van der Waals surface area (Å²) in [5, 5.41) is 7.78. The van der Waals surface area contributed by atoms with Crippen LogP contribution in [0.2, 0.25) is 0 Å². The Kier molecular flexibility index (Phi) is 3.64. The van der Waals surface area contributed by atoms with Gasteiger partial charge in [0.1, 0.15) is 5.38 Å². The summed E-state index contributed by atoms with van der Waals surface area (Å²) in [5.41, 5.74) is 0. The van der Waals surface area contributed by atoms with E-state index in [0.717, 1.165) is 13.0 Å². The average Bonchev–Trinajstić information content (AvgIpc) is 2.52. The highest BCUT2D eigenvalue weighted by Gasteiger charge is 2.16. The standard InChI is InChI=1S/C7H10ClNO2/c8-6(3-9)4-11-7-1-2-10-5-7/h6-7H,1-2,4-5H2. The van der Waals surface area contributed by atoms with Crippen LogP contribution in [0.5, 0.6) is 0 Å². The van der Waals surface area contributed by atoms with Gasteiger partial charge in [0.15, 0.2) is 0 Å². The Morgan fingerprint density at radius 1 is 1.82 bits per heavy atom. The first-order valence-electron chi connectivity index (χ1n) is 3.56. The Bertz CT molecular complexity index is 151. The first-order chi connectivity index (χ1) is 5.33. The SMILES string of the molecule is N#CC(Cl)COC1CCOC1. The number of hydrogen-bond donors (Lipinski definition) is 0. The van der Waals surface area contributed by atoms with Gasteiger partial charge >= 0.3 is 0 Å². The van der Waals surface area contributed by atoms with Crippen LogP contribution in [0.3, 0.4) is 0 Å². The first kappa shape index (κ1) is 8.79. The second kappa shape index (κ2) is 4.55. The summed E-state index contributed by atoms with van der Waals surface area (Å²) in [4.78, 5) is 0. The van der Waals surface area contributed by atoms with Crippen molar-refractivity contribution in [3.63, 3.8) is 0 Å². The molecule has 0 N–H and O–H groups in total. The second-order valence-electron chi connectivity index (χ2n) is 2.42. The molecule has 3 nitrogen and oxygen atoms in total. The van der Waals surface area contributed by atoms with Gasteiger partial charge in [-0.1, -0.05) is 0 Å². The van der Waals surface area contributed by atoms with E-state index in [1.165, 1.54) is 0 Å². The highest BCUT2D eigenvalue weighted by molar-refractivity contribution is 6.22. The smallest absolute Gasteiger partial charge is 0.143 e. The van der Waals surface area contributed by atoms with Crippen LogP contribution in [0, 0.1) is 11.3 Å². The van der Waals surface area contributed by atoms with E-state index in [9.17, 15) is 0 Å². The van der Waals surface area contributed by atoms with Crippen molar-refractivity contribution in [1.29, 1.82) is 5.26 Å². The summed E-state index contributed by atoms with van der Waals surface area (Å²) in [5.74, 6) is 0. The zero-order chi connectivity index (χ0) is 8.10. The Hall–Kier alpha value is -0.300. The number of rotatable bonds is 3. The average molecular weight is 176 g/mol. The Morgan fingerprint density at radius 3 is 3.18 bits per heavy atom. The third-order valence-corrected chi connectivity index (χ3v) is 1.73. The lowest BCUT2D eigenvalue weighted by Crippen LogP contribution is -2.17. The molecular formula is C7H10ClNO2. The zero-order valence-electron chi connectivity index (χ0n) is 6.12. The van der Waals surface area contributed by atoms with Gasteiger partial charge in [-0.3, -0.25) is 0 Å². The predicted molar refractivity (Wildman–Crippen MR) is 40.4 cm³/mol. The molecule has 0 aromatic rings. The summed E-state index contributed by atoms with van der Waals surface area (Å²) in [6.45, 7) is 1.69. The van der Waals surface area contributed by atoms with Crippen LogP contribution in [0.15, 0.2) is 0 Å². The molecule has 0 aromatic heterocycles. The van der Waals surface area contributed by atoms with Gasteiger partial charge in [-0.05, 0) is 6.42 Å². The van der Waals surface area contributed by atoms with Crippen LogP contribution in [-0.2, 0) is 9.47 Å². The first-order valence-corrected chi connectivity index (χ1v) is 3.99. The van der Waals surface area contributed by atoms with Crippen molar-refractivity contribution in [2.24, 2.45) is 0 Å². The summed E-state index contributed by atoms with van der Waals surface area (Å²) >= 11 is 5.52. The topological polar surface area (TPSA) is 42.2 Å². The van der Waals surface area contributed by atoms with Crippen molar-refractivity contribution >= 4 is 11.6 Å². The van der Waals surface area contributed by atoms with Gasteiger partial charge in [0.2, 0.25) is 0 Å². The third kappa shape index (κ3) is 3.06. The van der Waals surface area contributed by atoms with Crippen molar-refractivity contribution in [2.45, 2.75) is 17.9 Å². The molecule has 0 bridgehead atoms. The van der Waals surface area contributed by atoms with E-state index >= 15 is 0 Å². The monoisotopic (exact) mass is 175 g/mol. The molecule has 1 fully saturated rings. The summed E-state index contributed by atoms with van der Waals surface area (Å²) in [6.07, 6.45) is 1.05. The molecule has 0 aromatic carbocycles. The van der Waals surface area contributed by atoms with Gasteiger partial charge in [-0.15, -0.1) is 11.6 Å². The van der Waals surface area contributed by atoms with E-state index in [2.05, 4.69) is 0 Å². The van der Waals surface area contributed by atoms with Crippen LogP contribution in [0.4, 0.5) is 0 Å². The number of nitriles is 1. The fourth-order valence-electron chi connectivity index (χ4n) is 0.902. The molecule has 4 heteroatoms. The van der Waals surface area contributed by atoms with Crippen LogP contribution in [-0.4, -0.2) is 31.3 Å². The molecular weight excluding hydrogens is 166 g/mol. The third-order valence-electron chi connectivity index (χ3n) is 1.51. The molecule has 1 aliphatic heterocycles. The molecule has 0 saturated carbocycles. The Labute approximate surface area is 70.8 Å². The summed E-state index contributed by atoms with van der Waals surface area (Å²) in [6, 6.07) is 1.89. The van der Waals surface area contributed by atoms with Gasteiger partial charge in [-0.2, -0.15) is 5.26 Å². The number of nitrogens with zero attached hydrogens (tertiary/aromatic N) is 1. The zero-order valence-corrected chi connectivity index (χ0v) is 6.88. The van der Waals surface area contributed by atoms with Crippen molar-refractivity contribution in [2.75, 3.05) is 19.8 Å². The fourth-order valence-corrected chi connectivity index (χ4v) is 0.975.